The van der Waals surface area contributed by atoms with E-state index in [2.05, 4.69) is 10.1 Å². The van der Waals surface area contributed by atoms with Crippen molar-refractivity contribution in [2.45, 2.75) is 13.2 Å². The number of carbonyl (C=O) groups is 1. The molecule has 0 aliphatic heterocycles. The molecule has 0 saturated heterocycles. The third-order valence-corrected chi connectivity index (χ3v) is 3.41. The Labute approximate surface area is 152 Å². The fraction of sp³-hybridized carbons (Fsp3) is 0.235. The molecule has 0 saturated carbocycles. The number of para-hydroxylation sites is 1. The Hall–Kier alpha value is -3.27. The Morgan fingerprint density at radius 3 is 2.67 bits per heavy atom. The molecule has 0 aliphatic carbocycles. The zero-order chi connectivity index (χ0) is 19.8. The molecule has 0 radical (unpaired) electrons. The molecule has 0 atom stereocenters. The van der Waals surface area contributed by atoms with Crippen molar-refractivity contribution in [2.75, 3.05) is 18.5 Å². The lowest BCUT2D eigenvalue weighted by atomic mass is 10.1. The predicted molar refractivity (Wildman–Crippen MR) is 90.9 cm³/mol. The van der Waals surface area contributed by atoms with Gasteiger partial charge in [0.2, 0.25) is 0 Å². The molecule has 2 N–H and O–H groups in total. The fourth-order valence-electron chi connectivity index (χ4n) is 2.21. The quantitative estimate of drug-likeness (QED) is 0.390. The lowest BCUT2D eigenvalue weighted by Gasteiger charge is -2.13. The number of anilines is 1. The minimum atomic E-state index is -3.03. The van der Waals surface area contributed by atoms with E-state index in [4.69, 9.17) is 9.84 Å². The third kappa shape index (κ3) is 5.61. The van der Waals surface area contributed by atoms with Gasteiger partial charge in [-0.3, -0.25) is 10.1 Å². The second kappa shape index (κ2) is 9.43. The lowest BCUT2D eigenvalue weighted by molar-refractivity contribution is -0.384. The monoisotopic (exact) mass is 382 g/mol. The number of rotatable bonds is 9. The van der Waals surface area contributed by atoms with Crippen molar-refractivity contribution in [1.82, 2.24) is 0 Å². The van der Waals surface area contributed by atoms with Gasteiger partial charge < -0.3 is 19.9 Å². The van der Waals surface area contributed by atoms with E-state index < -0.39 is 17.5 Å². The smallest absolute Gasteiger partial charge is 0.387 e. The number of carbonyl (C=O) groups excluding carboxylic acids is 1. The molecule has 0 bridgehead atoms. The maximum atomic E-state index is 12.4. The number of non-ortho nitro benzene ring substituents is 1. The number of aliphatic hydroxyl groups is 1. The first-order chi connectivity index (χ1) is 12.9. The number of esters is 1. The van der Waals surface area contributed by atoms with E-state index in [1.54, 1.807) is 6.07 Å². The molecule has 144 valence electrons. The van der Waals surface area contributed by atoms with E-state index in [1.165, 1.54) is 30.3 Å². The summed E-state index contributed by atoms with van der Waals surface area (Å²) in [6, 6.07) is 9.34. The number of nitrogens with zero attached hydrogens (tertiary/aromatic N) is 1. The number of alkyl halides is 2. The highest BCUT2D eigenvalue weighted by atomic mass is 19.3. The Morgan fingerprint density at radius 2 is 2.00 bits per heavy atom. The summed E-state index contributed by atoms with van der Waals surface area (Å²) in [6.45, 7) is -3.51. The van der Waals surface area contributed by atoms with Gasteiger partial charge in [-0.15, -0.1) is 0 Å². The van der Waals surface area contributed by atoms with Crippen molar-refractivity contribution >= 4 is 17.3 Å². The number of nitro groups is 1. The SMILES string of the molecule is O=C(OCc1ccccc1OC(F)F)c1cc([N+](=O)[O-])ccc1NCCO. The predicted octanol–water partition coefficient (Wildman–Crippen LogP) is 2.96. The van der Waals surface area contributed by atoms with Gasteiger partial charge in [0, 0.05) is 29.9 Å². The number of halogens is 2. The van der Waals surface area contributed by atoms with Crippen LogP contribution in [0.15, 0.2) is 42.5 Å². The zero-order valence-corrected chi connectivity index (χ0v) is 13.9. The molecule has 8 nitrogen and oxygen atoms in total. The fourth-order valence-corrected chi connectivity index (χ4v) is 2.21. The van der Waals surface area contributed by atoms with Crippen LogP contribution in [0.3, 0.4) is 0 Å². The van der Waals surface area contributed by atoms with Crippen LogP contribution < -0.4 is 10.1 Å². The van der Waals surface area contributed by atoms with Crippen LogP contribution in [0.2, 0.25) is 0 Å². The molecule has 0 fully saturated rings. The van der Waals surface area contributed by atoms with E-state index in [0.29, 0.717) is 0 Å². The summed E-state index contributed by atoms with van der Waals surface area (Å²) >= 11 is 0. The summed E-state index contributed by atoms with van der Waals surface area (Å²) in [4.78, 5) is 22.6. The van der Waals surface area contributed by atoms with Crippen molar-refractivity contribution in [1.29, 1.82) is 0 Å². The molecule has 2 aromatic rings. The average molecular weight is 382 g/mol. The second-order valence-electron chi connectivity index (χ2n) is 5.20. The molecule has 0 aromatic heterocycles. The summed E-state index contributed by atoms with van der Waals surface area (Å²) in [5.41, 5.74) is 0.000977. The average Bonchev–Trinajstić information content (AvgIpc) is 2.64. The van der Waals surface area contributed by atoms with Crippen molar-refractivity contribution in [3.05, 3.63) is 63.7 Å². The van der Waals surface area contributed by atoms with Gasteiger partial charge in [-0.05, 0) is 12.1 Å². The summed E-state index contributed by atoms with van der Waals surface area (Å²) in [5, 5.41) is 22.6. The summed E-state index contributed by atoms with van der Waals surface area (Å²) in [7, 11) is 0. The van der Waals surface area contributed by atoms with Crippen molar-refractivity contribution in [3.8, 4) is 5.75 Å². The van der Waals surface area contributed by atoms with Crippen molar-refractivity contribution < 1.29 is 33.1 Å². The van der Waals surface area contributed by atoms with Crippen LogP contribution in [0.5, 0.6) is 5.75 Å². The normalized spacial score (nSPS) is 10.5. The van der Waals surface area contributed by atoms with Gasteiger partial charge in [0.05, 0.1) is 17.1 Å². The lowest BCUT2D eigenvalue weighted by Crippen LogP contribution is -2.13. The zero-order valence-electron chi connectivity index (χ0n) is 13.9. The first-order valence-electron chi connectivity index (χ1n) is 7.75. The second-order valence-corrected chi connectivity index (χ2v) is 5.20. The molecular formula is C17H16F2N2O6. The minimum Gasteiger partial charge on any atom is -0.457 e. The molecule has 2 aromatic carbocycles. The van der Waals surface area contributed by atoms with Gasteiger partial charge in [0.1, 0.15) is 12.4 Å². The van der Waals surface area contributed by atoms with Gasteiger partial charge in [0.15, 0.2) is 0 Å². The molecule has 0 aliphatic rings. The molecular weight excluding hydrogens is 366 g/mol. The van der Waals surface area contributed by atoms with Crippen LogP contribution in [0.1, 0.15) is 15.9 Å². The molecule has 0 unspecified atom stereocenters. The van der Waals surface area contributed by atoms with Crippen LogP contribution >= 0.6 is 0 Å². The largest absolute Gasteiger partial charge is 0.457 e. The van der Waals surface area contributed by atoms with E-state index in [9.17, 15) is 23.7 Å². The number of benzene rings is 2. The molecule has 2 rings (SSSR count). The molecule has 0 spiro atoms. The summed E-state index contributed by atoms with van der Waals surface area (Å²) in [5.74, 6) is -1.04. The number of nitro benzene ring substituents is 1. The van der Waals surface area contributed by atoms with Crippen LogP contribution in [-0.4, -0.2) is 35.8 Å². The number of hydrogen-bond acceptors (Lipinski definition) is 7. The maximum Gasteiger partial charge on any atom is 0.387 e. The molecule has 0 heterocycles. The number of hydrogen-bond donors (Lipinski definition) is 2. The standard InChI is InChI=1S/C17H16F2N2O6/c18-17(19)27-15-4-2-1-3-11(15)10-26-16(23)13-9-12(21(24)25)5-6-14(13)20-7-8-22/h1-6,9,17,20,22H,7-8,10H2. The van der Waals surface area contributed by atoms with Crippen LogP contribution in [0.4, 0.5) is 20.2 Å². The van der Waals surface area contributed by atoms with Crippen LogP contribution in [0, 0.1) is 10.1 Å². The van der Waals surface area contributed by atoms with Gasteiger partial charge in [-0.1, -0.05) is 18.2 Å². The van der Waals surface area contributed by atoms with Crippen molar-refractivity contribution in [3.63, 3.8) is 0 Å². The molecule has 27 heavy (non-hydrogen) atoms. The topological polar surface area (TPSA) is 111 Å². The number of ether oxygens (including phenoxy) is 2. The van der Waals surface area contributed by atoms with Crippen LogP contribution in [-0.2, 0) is 11.3 Å². The number of aliphatic hydroxyl groups excluding tert-OH is 1. The highest BCUT2D eigenvalue weighted by molar-refractivity contribution is 5.96. The van der Waals surface area contributed by atoms with E-state index in [0.717, 1.165) is 6.07 Å². The van der Waals surface area contributed by atoms with Gasteiger partial charge in [-0.2, -0.15) is 8.78 Å². The highest BCUT2D eigenvalue weighted by Gasteiger charge is 2.19. The minimum absolute atomic E-state index is 0.114. The van der Waals surface area contributed by atoms with Gasteiger partial charge >= 0.3 is 12.6 Å². The van der Waals surface area contributed by atoms with E-state index in [1.807, 2.05) is 0 Å². The summed E-state index contributed by atoms with van der Waals surface area (Å²) < 4.78 is 34.3. The Bertz CT molecular complexity index is 816. The Morgan fingerprint density at radius 1 is 1.26 bits per heavy atom. The van der Waals surface area contributed by atoms with Gasteiger partial charge in [-0.25, -0.2) is 4.79 Å². The molecule has 0 amide bonds. The van der Waals surface area contributed by atoms with Crippen molar-refractivity contribution in [2.24, 2.45) is 0 Å². The third-order valence-electron chi connectivity index (χ3n) is 3.41. The van der Waals surface area contributed by atoms with E-state index in [-0.39, 0.29) is 48.0 Å². The van der Waals surface area contributed by atoms with Crippen LogP contribution in [0.25, 0.3) is 0 Å². The Balaban J connectivity index is 2.20. The van der Waals surface area contributed by atoms with Gasteiger partial charge in [0.25, 0.3) is 5.69 Å². The first-order valence-corrected chi connectivity index (χ1v) is 7.75. The first kappa shape index (κ1) is 20.0. The molecule has 10 heteroatoms. The number of nitrogens with one attached hydrogen (secondary N) is 1. The maximum absolute atomic E-state index is 12.4. The Kier molecular flexibility index (Phi) is 7.00. The van der Waals surface area contributed by atoms with E-state index >= 15 is 0 Å². The summed E-state index contributed by atoms with van der Waals surface area (Å²) in [6.07, 6.45) is 0. The highest BCUT2D eigenvalue weighted by Crippen LogP contribution is 2.25.